The van der Waals surface area contributed by atoms with Gasteiger partial charge in [0.1, 0.15) is 4.90 Å². The highest BCUT2D eigenvalue weighted by atomic mass is 35.5. The quantitative estimate of drug-likeness (QED) is 0.853. The zero-order chi connectivity index (χ0) is 13.5. The summed E-state index contributed by atoms with van der Waals surface area (Å²) in [5.41, 5.74) is 0.955. The van der Waals surface area contributed by atoms with Crippen LogP contribution in [-0.4, -0.2) is 25.8 Å². The highest BCUT2D eigenvalue weighted by Gasteiger charge is 2.36. The zero-order valence-corrected chi connectivity index (χ0v) is 12.4. The van der Waals surface area contributed by atoms with Crippen molar-refractivity contribution in [1.29, 1.82) is 0 Å². The minimum atomic E-state index is -3.49. The molecule has 1 aromatic carbocycles. The predicted molar refractivity (Wildman–Crippen MR) is 73.3 cm³/mol. The van der Waals surface area contributed by atoms with E-state index >= 15 is 0 Å². The molecule has 100 valence electrons. The lowest BCUT2D eigenvalue weighted by Crippen LogP contribution is -2.36. The standard InChI is InChI=1S/C13H18ClNO2S/c1-9-4-7-13(12(14)8-9)18(16,17)15(3)10(2)11-5-6-11/h4,7-8,10-11H,5-6H2,1-3H3. The maximum Gasteiger partial charge on any atom is 0.244 e. The topological polar surface area (TPSA) is 37.4 Å². The third-order valence-electron chi connectivity index (χ3n) is 3.62. The molecule has 1 aliphatic carbocycles. The van der Waals surface area contributed by atoms with Gasteiger partial charge in [-0.1, -0.05) is 17.7 Å². The molecule has 0 heterocycles. The van der Waals surface area contributed by atoms with E-state index in [1.54, 1.807) is 25.2 Å². The van der Waals surface area contributed by atoms with Crippen molar-refractivity contribution in [3.63, 3.8) is 0 Å². The molecule has 0 spiro atoms. The summed E-state index contributed by atoms with van der Waals surface area (Å²) in [6, 6.07) is 5.08. The van der Waals surface area contributed by atoms with Crippen molar-refractivity contribution in [3.05, 3.63) is 28.8 Å². The van der Waals surface area contributed by atoms with Crippen LogP contribution in [0.3, 0.4) is 0 Å². The molecular formula is C13H18ClNO2S. The molecule has 0 saturated heterocycles. The Labute approximate surface area is 114 Å². The summed E-state index contributed by atoms with van der Waals surface area (Å²) in [6.45, 7) is 3.84. The van der Waals surface area contributed by atoms with Crippen LogP contribution < -0.4 is 0 Å². The lowest BCUT2D eigenvalue weighted by molar-refractivity contribution is 0.357. The van der Waals surface area contributed by atoms with Gasteiger partial charge in [0.05, 0.1) is 5.02 Å². The van der Waals surface area contributed by atoms with E-state index in [1.165, 1.54) is 4.31 Å². The van der Waals surface area contributed by atoms with E-state index < -0.39 is 10.0 Å². The molecule has 0 amide bonds. The van der Waals surface area contributed by atoms with Gasteiger partial charge < -0.3 is 0 Å². The zero-order valence-electron chi connectivity index (χ0n) is 10.9. The Morgan fingerprint density at radius 2 is 2.00 bits per heavy atom. The second kappa shape index (κ2) is 4.83. The molecule has 0 bridgehead atoms. The Kier molecular flexibility index (Phi) is 3.72. The molecule has 1 saturated carbocycles. The van der Waals surface area contributed by atoms with Crippen LogP contribution in [0.25, 0.3) is 0 Å². The smallest absolute Gasteiger partial charge is 0.207 e. The third kappa shape index (κ3) is 2.56. The van der Waals surface area contributed by atoms with Crippen molar-refractivity contribution < 1.29 is 8.42 Å². The lowest BCUT2D eigenvalue weighted by atomic mass is 10.2. The number of sulfonamides is 1. The van der Waals surface area contributed by atoms with E-state index in [0.29, 0.717) is 10.9 Å². The molecule has 5 heteroatoms. The molecule has 2 rings (SSSR count). The largest absolute Gasteiger partial charge is 0.244 e. The molecule has 18 heavy (non-hydrogen) atoms. The Bertz CT molecular complexity index is 552. The van der Waals surface area contributed by atoms with Gasteiger partial charge in [0.2, 0.25) is 10.0 Å². The summed E-state index contributed by atoms with van der Waals surface area (Å²) in [5, 5.41) is 0.296. The van der Waals surface area contributed by atoms with Crippen LogP contribution in [0.4, 0.5) is 0 Å². The minimum absolute atomic E-state index is 0.0346. The van der Waals surface area contributed by atoms with Crippen LogP contribution in [0.5, 0.6) is 0 Å². The van der Waals surface area contributed by atoms with Crippen LogP contribution >= 0.6 is 11.6 Å². The maximum absolute atomic E-state index is 12.5. The van der Waals surface area contributed by atoms with Crippen LogP contribution in [0.15, 0.2) is 23.1 Å². The van der Waals surface area contributed by atoms with E-state index in [0.717, 1.165) is 18.4 Å². The van der Waals surface area contributed by atoms with E-state index in [1.807, 2.05) is 13.8 Å². The molecule has 1 aromatic rings. The maximum atomic E-state index is 12.5. The molecule has 0 aliphatic heterocycles. The number of hydrogen-bond acceptors (Lipinski definition) is 2. The predicted octanol–water partition coefficient (Wildman–Crippen LogP) is 3.07. The molecule has 3 nitrogen and oxygen atoms in total. The first-order valence-corrected chi connectivity index (χ1v) is 7.90. The first-order chi connectivity index (χ1) is 8.34. The van der Waals surface area contributed by atoms with Crippen molar-refractivity contribution in [2.24, 2.45) is 5.92 Å². The van der Waals surface area contributed by atoms with Crippen LogP contribution in [0.2, 0.25) is 5.02 Å². The van der Waals surface area contributed by atoms with E-state index in [4.69, 9.17) is 11.6 Å². The minimum Gasteiger partial charge on any atom is -0.207 e. The van der Waals surface area contributed by atoms with Gasteiger partial charge in [0.15, 0.2) is 0 Å². The number of aryl methyl sites for hydroxylation is 1. The van der Waals surface area contributed by atoms with Gasteiger partial charge >= 0.3 is 0 Å². The molecular weight excluding hydrogens is 270 g/mol. The van der Waals surface area contributed by atoms with Gasteiger partial charge in [-0.05, 0) is 50.3 Å². The van der Waals surface area contributed by atoms with Crippen molar-refractivity contribution in [2.75, 3.05) is 7.05 Å². The molecule has 1 aliphatic rings. The lowest BCUT2D eigenvalue weighted by Gasteiger charge is -2.24. The first kappa shape index (κ1) is 13.8. The Hall–Kier alpha value is -0.580. The second-order valence-corrected chi connectivity index (χ2v) is 7.41. The second-order valence-electron chi connectivity index (χ2n) is 5.03. The number of rotatable bonds is 4. The van der Waals surface area contributed by atoms with Gasteiger partial charge in [0, 0.05) is 13.1 Å². The molecule has 0 aromatic heterocycles. The summed E-state index contributed by atoms with van der Waals surface area (Å²) in [6.07, 6.45) is 2.23. The highest BCUT2D eigenvalue weighted by molar-refractivity contribution is 7.89. The molecule has 0 radical (unpaired) electrons. The molecule has 1 fully saturated rings. The van der Waals surface area contributed by atoms with Crippen molar-refractivity contribution >= 4 is 21.6 Å². The van der Waals surface area contributed by atoms with Gasteiger partial charge in [0.25, 0.3) is 0 Å². The SMILES string of the molecule is Cc1ccc(S(=O)(=O)N(C)C(C)C2CC2)c(Cl)c1. The number of benzene rings is 1. The summed E-state index contributed by atoms with van der Waals surface area (Å²) in [4.78, 5) is 0.199. The van der Waals surface area contributed by atoms with Gasteiger partial charge in [-0.3, -0.25) is 0 Å². The fourth-order valence-corrected chi connectivity index (χ4v) is 4.06. The van der Waals surface area contributed by atoms with E-state index in [2.05, 4.69) is 0 Å². The van der Waals surface area contributed by atoms with Gasteiger partial charge in [-0.25, -0.2) is 8.42 Å². The van der Waals surface area contributed by atoms with Gasteiger partial charge in [-0.2, -0.15) is 4.31 Å². The Balaban J connectivity index is 2.34. The average molecular weight is 288 g/mol. The summed E-state index contributed by atoms with van der Waals surface area (Å²) >= 11 is 6.05. The van der Waals surface area contributed by atoms with Crippen molar-refractivity contribution in [1.82, 2.24) is 4.31 Å². The third-order valence-corrected chi connectivity index (χ3v) is 6.05. The van der Waals surface area contributed by atoms with Crippen LogP contribution in [0, 0.1) is 12.8 Å². The summed E-state index contributed by atoms with van der Waals surface area (Å²) in [5.74, 6) is 0.494. The summed E-state index contributed by atoms with van der Waals surface area (Å²) < 4.78 is 26.4. The number of halogens is 1. The molecule has 1 unspecified atom stereocenters. The Morgan fingerprint density at radius 1 is 1.39 bits per heavy atom. The normalized spacial score (nSPS) is 18.1. The number of nitrogens with zero attached hydrogens (tertiary/aromatic N) is 1. The van der Waals surface area contributed by atoms with Crippen LogP contribution in [0.1, 0.15) is 25.3 Å². The van der Waals surface area contributed by atoms with Gasteiger partial charge in [-0.15, -0.1) is 0 Å². The van der Waals surface area contributed by atoms with E-state index in [9.17, 15) is 8.42 Å². The number of hydrogen-bond donors (Lipinski definition) is 0. The fourth-order valence-electron chi connectivity index (χ4n) is 2.06. The summed E-state index contributed by atoms with van der Waals surface area (Å²) in [7, 11) is -1.86. The van der Waals surface area contributed by atoms with Crippen molar-refractivity contribution in [3.8, 4) is 0 Å². The Morgan fingerprint density at radius 3 is 2.50 bits per heavy atom. The average Bonchev–Trinajstić information content (AvgIpc) is 3.10. The monoisotopic (exact) mass is 287 g/mol. The van der Waals surface area contributed by atoms with E-state index in [-0.39, 0.29) is 10.9 Å². The fraction of sp³-hybridized carbons (Fsp3) is 0.538. The highest BCUT2D eigenvalue weighted by Crippen LogP contribution is 2.37. The molecule has 0 N–H and O–H groups in total. The van der Waals surface area contributed by atoms with Crippen LogP contribution in [-0.2, 0) is 10.0 Å². The molecule has 1 atom stereocenters. The van der Waals surface area contributed by atoms with Crippen molar-refractivity contribution in [2.45, 2.75) is 37.6 Å². The first-order valence-electron chi connectivity index (χ1n) is 6.08.